The van der Waals surface area contributed by atoms with Gasteiger partial charge in [-0.25, -0.2) is 9.97 Å². The van der Waals surface area contributed by atoms with E-state index in [9.17, 15) is 0 Å². The van der Waals surface area contributed by atoms with Gasteiger partial charge in [-0.05, 0) is 30.2 Å². The van der Waals surface area contributed by atoms with Crippen LogP contribution in [0.1, 0.15) is 21.9 Å². The van der Waals surface area contributed by atoms with Gasteiger partial charge >= 0.3 is 0 Å². The molecule has 0 radical (unpaired) electrons. The minimum absolute atomic E-state index is 0.568. The summed E-state index contributed by atoms with van der Waals surface area (Å²) in [6.45, 7) is 2.15. The van der Waals surface area contributed by atoms with Gasteiger partial charge in [0, 0.05) is 16.4 Å². The predicted octanol–water partition coefficient (Wildman–Crippen LogP) is 5.52. The molecule has 0 saturated carbocycles. The van der Waals surface area contributed by atoms with E-state index < -0.39 is 0 Å². The summed E-state index contributed by atoms with van der Waals surface area (Å²) < 4.78 is 6.58. The van der Waals surface area contributed by atoms with Crippen LogP contribution in [0.2, 0.25) is 0 Å². The van der Waals surface area contributed by atoms with Crippen LogP contribution in [0.3, 0.4) is 0 Å². The lowest BCUT2D eigenvalue weighted by atomic mass is 10.2. The third kappa shape index (κ3) is 3.20. The van der Waals surface area contributed by atoms with Gasteiger partial charge in [0.1, 0.15) is 16.9 Å². The summed E-state index contributed by atoms with van der Waals surface area (Å²) in [6.07, 6.45) is 2.58. The molecule has 0 atom stereocenters. The SMILES string of the molecule is CCc1cc2c(Oc3ccc(C4SCCS4)cc3)ncnc2s1. The lowest BCUT2D eigenvalue weighted by Gasteiger charge is -2.10. The quantitative estimate of drug-likeness (QED) is 0.611. The molecule has 1 aliphatic rings. The number of aromatic nitrogens is 2. The van der Waals surface area contributed by atoms with Crippen molar-refractivity contribution in [3.63, 3.8) is 0 Å². The number of ether oxygens (including phenoxy) is 1. The van der Waals surface area contributed by atoms with E-state index in [1.54, 1.807) is 17.7 Å². The molecule has 0 spiro atoms. The molecule has 6 heteroatoms. The summed E-state index contributed by atoms with van der Waals surface area (Å²) in [4.78, 5) is 10.9. The maximum Gasteiger partial charge on any atom is 0.231 e. The van der Waals surface area contributed by atoms with Crippen LogP contribution in [0.5, 0.6) is 11.6 Å². The molecule has 3 nitrogen and oxygen atoms in total. The summed E-state index contributed by atoms with van der Waals surface area (Å²) in [5.74, 6) is 3.95. The van der Waals surface area contributed by atoms with E-state index >= 15 is 0 Å². The van der Waals surface area contributed by atoms with Crippen molar-refractivity contribution in [3.05, 3.63) is 47.1 Å². The van der Waals surface area contributed by atoms with Crippen LogP contribution < -0.4 is 4.74 Å². The molecule has 2 aromatic heterocycles. The normalized spacial score (nSPS) is 15.3. The van der Waals surface area contributed by atoms with Gasteiger partial charge in [0.25, 0.3) is 0 Å². The molecule has 3 heterocycles. The number of thioether (sulfide) groups is 2. The van der Waals surface area contributed by atoms with Crippen LogP contribution >= 0.6 is 34.9 Å². The first kappa shape index (κ1) is 15.3. The Hall–Kier alpha value is -1.24. The van der Waals surface area contributed by atoms with Crippen LogP contribution in [0.25, 0.3) is 10.2 Å². The Morgan fingerprint density at radius 2 is 1.91 bits per heavy atom. The van der Waals surface area contributed by atoms with Crippen molar-refractivity contribution >= 4 is 45.1 Å². The van der Waals surface area contributed by atoms with Crippen LogP contribution in [0.15, 0.2) is 36.7 Å². The van der Waals surface area contributed by atoms with Gasteiger partial charge in [-0.2, -0.15) is 0 Å². The first-order valence-electron chi connectivity index (χ1n) is 7.58. The Balaban J connectivity index is 1.59. The van der Waals surface area contributed by atoms with Crippen molar-refractivity contribution in [1.82, 2.24) is 9.97 Å². The first-order chi connectivity index (χ1) is 11.3. The number of benzene rings is 1. The van der Waals surface area contributed by atoms with Gasteiger partial charge in [0.15, 0.2) is 0 Å². The zero-order chi connectivity index (χ0) is 15.6. The minimum atomic E-state index is 0.568. The third-order valence-electron chi connectivity index (χ3n) is 3.68. The largest absolute Gasteiger partial charge is 0.438 e. The van der Waals surface area contributed by atoms with Crippen molar-refractivity contribution in [2.24, 2.45) is 0 Å². The molecule has 4 rings (SSSR count). The van der Waals surface area contributed by atoms with Crippen LogP contribution in [-0.4, -0.2) is 21.5 Å². The summed E-state index contributed by atoms with van der Waals surface area (Å²) in [5, 5.41) is 1.00. The molecule has 0 aliphatic carbocycles. The number of nitrogens with zero attached hydrogens (tertiary/aromatic N) is 2. The van der Waals surface area contributed by atoms with E-state index in [-0.39, 0.29) is 0 Å². The molecular formula is C17H16N2OS3. The van der Waals surface area contributed by atoms with Gasteiger partial charge in [0.2, 0.25) is 5.88 Å². The smallest absolute Gasteiger partial charge is 0.231 e. The van der Waals surface area contributed by atoms with E-state index in [4.69, 9.17) is 4.74 Å². The fourth-order valence-electron chi connectivity index (χ4n) is 2.49. The third-order valence-corrected chi connectivity index (χ3v) is 7.97. The topological polar surface area (TPSA) is 35.0 Å². The second kappa shape index (κ2) is 6.71. The molecule has 118 valence electrons. The van der Waals surface area contributed by atoms with Crippen LogP contribution in [0, 0.1) is 0 Å². The number of thiophene rings is 1. The number of hydrogen-bond donors (Lipinski definition) is 0. The second-order valence-electron chi connectivity index (χ2n) is 5.21. The Kier molecular flexibility index (Phi) is 4.46. The van der Waals surface area contributed by atoms with E-state index in [1.807, 2.05) is 35.7 Å². The Morgan fingerprint density at radius 3 is 2.65 bits per heavy atom. The fraction of sp³-hybridized carbons (Fsp3) is 0.294. The number of rotatable bonds is 4. The molecule has 0 bridgehead atoms. The van der Waals surface area contributed by atoms with Gasteiger partial charge in [-0.1, -0.05) is 19.1 Å². The molecule has 1 aliphatic heterocycles. The van der Waals surface area contributed by atoms with E-state index in [1.165, 1.54) is 21.9 Å². The van der Waals surface area contributed by atoms with Crippen molar-refractivity contribution in [2.45, 2.75) is 17.9 Å². The van der Waals surface area contributed by atoms with Crippen LogP contribution in [-0.2, 0) is 6.42 Å². The maximum atomic E-state index is 6.01. The van der Waals surface area contributed by atoms with Gasteiger partial charge in [-0.15, -0.1) is 34.9 Å². The van der Waals surface area contributed by atoms with E-state index in [0.717, 1.165) is 22.4 Å². The molecule has 1 aromatic carbocycles. The van der Waals surface area contributed by atoms with Crippen molar-refractivity contribution in [2.75, 3.05) is 11.5 Å². The van der Waals surface area contributed by atoms with Crippen molar-refractivity contribution in [3.8, 4) is 11.6 Å². The van der Waals surface area contributed by atoms with E-state index in [0.29, 0.717) is 10.5 Å². The molecule has 0 N–H and O–H groups in total. The maximum absolute atomic E-state index is 6.01. The van der Waals surface area contributed by atoms with Gasteiger partial charge in [0.05, 0.1) is 9.97 Å². The molecule has 0 amide bonds. The lowest BCUT2D eigenvalue weighted by molar-refractivity contribution is 0.468. The molecule has 23 heavy (non-hydrogen) atoms. The molecular weight excluding hydrogens is 344 g/mol. The fourth-order valence-corrected chi connectivity index (χ4v) is 6.28. The van der Waals surface area contributed by atoms with Crippen LogP contribution in [0.4, 0.5) is 0 Å². The zero-order valence-corrected chi connectivity index (χ0v) is 15.1. The number of aryl methyl sites for hydroxylation is 1. The molecule has 0 unspecified atom stereocenters. The highest BCUT2D eigenvalue weighted by Crippen LogP contribution is 2.45. The predicted molar refractivity (Wildman–Crippen MR) is 101 cm³/mol. The lowest BCUT2D eigenvalue weighted by Crippen LogP contribution is -1.90. The zero-order valence-electron chi connectivity index (χ0n) is 12.7. The second-order valence-corrected chi connectivity index (χ2v) is 9.05. The molecule has 1 saturated heterocycles. The highest BCUT2D eigenvalue weighted by molar-refractivity contribution is 8.19. The summed E-state index contributed by atoms with van der Waals surface area (Å²) in [5.41, 5.74) is 1.36. The monoisotopic (exact) mass is 360 g/mol. The first-order valence-corrected chi connectivity index (χ1v) is 10.5. The Bertz CT molecular complexity index is 810. The number of fused-ring (bicyclic) bond motifs is 1. The molecule has 1 fully saturated rings. The average molecular weight is 361 g/mol. The molecule has 3 aromatic rings. The highest BCUT2D eigenvalue weighted by Gasteiger charge is 2.18. The summed E-state index contributed by atoms with van der Waals surface area (Å²) in [7, 11) is 0. The van der Waals surface area contributed by atoms with E-state index in [2.05, 4.69) is 35.1 Å². The van der Waals surface area contributed by atoms with Gasteiger partial charge in [-0.3, -0.25) is 0 Å². The van der Waals surface area contributed by atoms with Crippen molar-refractivity contribution in [1.29, 1.82) is 0 Å². The Labute approximate surface area is 147 Å². The minimum Gasteiger partial charge on any atom is -0.438 e. The standard InChI is InChI=1S/C17H16N2OS3/c1-2-13-9-14-15(18-10-19-16(14)23-13)20-12-5-3-11(4-6-12)17-21-7-8-22-17/h3-6,9-10,17H,2,7-8H2,1H3. The summed E-state index contributed by atoms with van der Waals surface area (Å²) in [6, 6.07) is 10.5. The Morgan fingerprint density at radius 1 is 1.13 bits per heavy atom. The van der Waals surface area contributed by atoms with Crippen molar-refractivity contribution < 1.29 is 4.74 Å². The van der Waals surface area contributed by atoms with Gasteiger partial charge < -0.3 is 4.74 Å². The number of hydrogen-bond acceptors (Lipinski definition) is 6. The average Bonchev–Trinajstić information content (AvgIpc) is 3.25. The summed E-state index contributed by atoms with van der Waals surface area (Å²) >= 11 is 5.74. The highest BCUT2D eigenvalue weighted by atomic mass is 32.2.